The number of carbonyl (C=O) groups excluding carboxylic acids is 1. The first-order chi connectivity index (χ1) is 21.7. The van der Waals surface area contributed by atoms with E-state index in [-0.39, 0.29) is 56.1 Å². The summed E-state index contributed by atoms with van der Waals surface area (Å²) < 4.78 is 149. The van der Waals surface area contributed by atoms with Crippen molar-refractivity contribution in [3.05, 3.63) is 82.9 Å². The molecule has 47 heavy (non-hydrogen) atoms. The number of amides is 1. The average molecular weight is 700 g/mol. The second kappa shape index (κ2) is 11.7. The highest BCUT2D eigenvalue weighted by Crippen LogP contribution is 2.38. The Morgan fingerprint density at radius 2 is 1.53 bits per heavy atom. The lowest BCUT2D eigenvalue weighted by atomic mass is 9.94. The van der Waals surface area contributed by atoms with E-state index in [0.717, 1.165) is 15.7 Å². The number of allylic oxidation sites excluding steroid dienone is 1. The van der Waals surface area contributed by atoms with Gasteiger partial charge in [0.2, 0.25) is 0 Å². The molecule has 2 atom stereocenters. The monoisotopic (exact) mass is 699 g/mol. The maximum absolute atomic E-state index is 13.8. The van der Waals surface area contributed by atoms with E-state index < -0.39 is 74.5 Å². The molecule has 1 aromatic heterocycles. The minimum absolute atomic E-state index is 0.0928. The summed E-state index contributed by atoms with van der Waals surface area (Å²) >= 11 is 0. The number of benzene rings is 2. The van der Waals surface area contributed by atoms with E-state index in [2.05, 4.69) is 4.18 Å². The maximum Gasteiger partial charge on any atom is 0.534 e. The molecule has 0 saturated carbocycles. The third kappa shape index (κ3) is 6.84. The van der Waals surface area contributed by atoms with Gasteiger partial charge in [0.15, 0.2) is 0 Å². The molecular weight excluding hydrogens is 677 g/mol. The molecule has 0 aliphatic carbocycles. The Kier molecular flexibility index (Phi) is 8.43. The molecule has 1 N–H and O–H groups in total. The number of hydrogen-bond donors (Lipinski definition) is 1. The van der Waals surface area contributed by atoms with Crippen molar-refractivity contribution in [1.82, 2.24) is 14.4 Å². The number of carbonyl (C=O) groups is 2. The van der Waals surface area contributed by atoms with Crippen LogP contribution in [0.1, 0.15) is 39.9 Å². The zero-order chi connectivity index (χ0) is 34.7. The molecule has 3 heterocycles. The Hall–Kier alpha value is -4.42. The Balaban J connectivity index is 1.56. The van der Waals surface area contributed by atoms with Gasteiger partial charge in [-0.25, -0.2) is 4.79 Å². The minimum Gasteiger partial charge on any atom is -0.464 e. The Labute approximate surface area is 259 Å². The minimum atomic E-state index is -6.02. The molecular formula is C28H22F9N3O6S. The average Bonchev–Trinajstić information content (AvgIpc) is 3.33. The van der Waals surface area contributed by atoms with Crippen LogP contribution in [-0.2, 0) is 33.1 Å². The zero-order valence-electron chi connectivity index (χ0n) is 23.5. The maximum atomic E-state index is 13.8. The van der Waals surface area contributed by atoms with E-state index in [0.29, 0.717) is 10.9 Å². The van der Waals surface area contributed by atoms with Crippen LogP contribution in [0.25, 0.3) is 10.9 Å². The van der Waals surface area contributed by atoms with Crippen LogP contribution in [-0.4, -0.2) is 70.6 Å². The molecule has 2 aliphatic rings. The van der Waals surface area contributed by atoms with Crippen LogP contribution in [0.5, 0.6) is 0 Å². The summed E-state index contributed by atoms with van der Waals surface area (Å²) in [5.74, 6) is -1.79. The molecule has 2 aromatic carbocycles. The van der Waals surface area contributed by atoms with E-state index >= 15 is 0 Å². The molecule has 5 rings (SSSR count). The molecule has 0 unspecified atom stereocenters. The molecule has 1 amide bonds. The second-order valence-corrected chi connectivity index (χ2v) is 12.4. The van der Waals surface area contributed by atoms with Crippen molar-refractivity contribution in [2.75, 3.05) is 13.1 Å². The summed E-state index contributed by atoms with van der Waals surface area (Å²) in [6, 6.07) is 4.75. The largest absolute Gasteiger partial charge is 0.534 e. The summed E-state index contributed by atoms with van der Waals surface area (Å²) in [6.45, 7) is -0.624. The van der Waals surface area contributed by atoms with Crippen molar-refractivity contribution >= 4 is 33.0 Å². The van der Waals surface area contributed by atoms with Gasteiger partial charge >= 0.3 is 34.1 Å². The first-order valence-corrected chi connectivity index (χ1v) is 15.0. The number of hydrogen-bond acceptors (Lipinski definition) is 6. The van der Waals surface area contributed by atoms with Crippen LogP contribution in [0.3, 0.4) is 0 Å². The third-order valence-corrected chi connectivity index (χ3v) is 8.82. The van der Waals surface area contributed by atoms with Gasteiger partial charge in [0.1, 0.15) is 5.76 Å². The number of rotatable bonds is 5. The fraction of sp³-hybridized carbons (Fsp3) is 0.357. The molecule has 9 nitrogen and oxygen atoms in total. The summed E-state index contributed by atoms with van der Waals surface area (Å²) in [5.41, 5.74) is -9.53. The van der Waals surface area contributed by atoms with Crippen molar-refractivity contribution in [2.45, 2.75) is 49.2 Å². The molecule has 19 heteroatoms. The number of halogens is 9. The molecule has 0 bridgehead atoms. The van der Waals surface area contributed by atoms with Crippen molar-refractivity contribution < 1.29 is 66.8 Å². The van der Waals surface area contributed by atoms with Gasteiger partial charge in [-0.1, -0.05) is 18.2 Å². The smallest absolute Gasteiger partial charge is 0.464 e. The first-order valence-electron chi connectivity index (χ1n) is 13.6. The van der Waals surface area contributed by atoms with Gasteiger partial charge in [-0.15, -0.1) is 0 Å². The van der Waals surface area contributed by atoms with Crippen LogP contribution < -0.4 is 0 Å². The molecule has 3 aromatic rings. The van der Waals surface area contributed by atoms with Crippen LogP contribution in [0.15, 0.2) is 60.6 Å². The Morgan fingerprint density at radius 1 is 0.915 bits per heavy atom. The lowest BCUT2D eigenvalue weighted by Gasteiger charge is -2.48. The van der Waals surface area contributed by atoms with Crippen molar-refractivity contribution in [3.8, 4) is 0 Å². The molecule has 2 aliphatic heterocycles. The number of nitrogens with zero attached hydrogens (tertiary/aromatic N) is 3. The predicted molar refractivity (Wildman–Crippen MR) is 144 cm³/mol. The van der Waals surface area contributed by atoms with Crippen molar-refractivity contribution in [1.29, 1.82) is 0 Å². The number of carboxylic acid groups (broad SMARTS) is 1. The van der Waals surface area contributed by atoms with E-state index in [1.54, 1.807) is 18.2 Å². The van der Waals surface area contributed by atoms with Crippen LogP contribution >= 0.6 is 0 Å². The van der Waals surface area contributed by atoms with Crippen LogP contribution in [0.2, 0.25) is 0 Å². The SMILES string of the molecule is O=C(c1cc(C(F)(F)F)cc(C(F)(F)F)c1)N1C[C@H]2CCC(OS(=O)(=O)C(F)(F)F)=CN2C[C@H]1Cc1cn(C(=O)O)c2ccccc12. The Bertz CT molecular complexity index is 1830. The standard InChI is InChI=1S/C28H22F9N3O6S/c29-26(30,31)17-7-15(8-18(10-17)27(32,33)34)24(41)39-13-19-5-6-21(46-47(44,45)28(35,36)37)14-38(19)12-20(39)9-16-11-40(25(42)43)23-4-2-1-3-22(16)23/h1-4,7-8,10-11,14,19-20H,5-6,9,12-13H2,(H,42,43)/t19-,20-/m1/s1. The summed E-state index contributed by atoms with van der Waals surface area (Å²) in [7, 11) is -6.02. The highest BCUT2D eigenvalue weighted by molar-refractivity contribution is 7.87. The van der Waals surface area contributed by atoms with E-state index in [4.69, 9.17) is 0 Å². The van der Waals surface area contributed by atoms with Gasteiger partial charge < -0.3 is 19.1 Å². The molecule has 254 valence electrons. The quantitative estimate of drug-likeness (QED) is 0.186. The number of piperazine rings is 1. The van der Waals surface area contributed by atoms with Crippen molar-refractivity contribution in [3.63, 3.8) is 0 Å². The lowest BCUT2D eigenvalue weighted by molar-refractivity contribution is -0.143. The predicted octanol–water partition coefficient (Wildman–Crippen LogP) is 6.44. The third-order valence-electron chi connectivity index (χ3n) is 7.82. The fourth-order valence-corrected chi connectivity index (χ4v) is 6.19. The second-order valence-electron chi connectivity index (χ2n) is 10.9. The van der Waals surface area contributed by atoms with Gasteiger partial charge in [-0.3, -0.25) is 9.36 Å². The normalized spacial score (nSPS) is 19.4. The highest BCUT2D eigenvalue weighted by Gasteiger charge is 2.49. The fourth-order valence-electron chi connectivity index (χ4n) is 5.69. The zero-order valence-corrected chi connectivity index (χ0v) is 24.3. The van der Waals surface area contributed by atoms with Gasteiger partial charge in [0.05, 0.1) is 22.7 Å². The topological polar surface area (TPSA) is 109 Å². The van der Waals surface area contributed by atoms with E-state index in [1.807, 2.05) is 0 Å². The van der Waals surface area contributed by atoms with Gasteiger partial charge in [-0.2, -0.15) is 47.9 Å². The molecule has 0 radical (unpaired) electrons. The van der Waals surface area contributed by atoms with Gasteiger partial charge in [0, 0.05) is 48.9 Å². The number of aromatic nitrogens is 1. The molecule has 1 fully saturated rings. The first kappa shape index (κ1) is 33.9. The van der Waals surface area contributed by atoms with Crippen LogP contribution in [0.4, 0.5) is 44.3 Å². The highest BCUT2D eigenvalue weighted by atomic mass is 32.2. The van der Waals surface area contributed by atoms with Gasteiger partial charge in [-0.05, 0) is 42.7 Å². The summed E-state index contributed by atoms with van der Waals surface area (Å²) in [6.07, 6.45) is -10.3. The summed E-state index contributed by atoms with van der Waals surface area (Å²) in [4.78, 5) is 28.1. The van der Waals surface area contributed by atoms with Crippen LogP contribution in [0, 0.1) is 0 Å². The van der Waals surface area contributed by atoms with E-state index in [9.17, 15) is 62.6 Å². The van der Waals surface area contributed by atoms with E-state index in [1.165, 1.54) is 17.2 Å². The van der Waals surface area contributed by atoms with Gasteiger partial charge in [0.25, 0.3) is 5.91 Å². The number of alkyl halides is 9. The molecule has 0 spiro atoms. The number of fused-ring (bicyclic) bond motifs is 2. The lowest BCUT2D eigenvalue weighted by Crippen LogP contribution is -2.59. The Morgan fingerprint density at radius 3 is 2.11 bits per heavy atom. The number of para-hydroxylation sites is 1. The molecule has 1 saturated heterocycles. The van der Waals surface area contributed by atoms with Crippen molar-refractivity contribution in [2.24, 2.45) is 0 Å². The summed E-state index contributed by atoms with van der Waals surface area (Å²) in [5, 5.41) is 10.1.